The zero-order chi connectivity index (χ0) is 28.7. The van der Waals surface area contributed by atoms with Crippen molar-refractivity contribution >= 4 is 29.5 Å². The lowest BCUT2D eigenvalue weighted by Crippen LogP contribution is -2.62. The molecule has 0 spiro atoms. The lowest BCUT2D eigenvalue weighted by Gasteiger charge is -2.57. The summed E-state index contributed by atoms with van der Waals surface area (Å²) in [4.78, 5) is 65.3. The SMILES string of the molecule is CCOC(=O)O[C@]1(C(=O)COC(=O)Cc2ccccc2)CC[C@H]2[C@@H]3CCC4=CC(=O)C=C[C@]4(C)[C@H]3C(=O)C[C@@]21C. The lowest BCUT2D eigenvalue weighted by atomic mass is 9.46. The molecule has 0 aromatic heterocycles. The first-order chi connectivity index (χ1) is 19.0. The highest BCUT2D eigenvalue weighted by Gasteiger charge is 2.70. The molecule has 0 N–H and O–H groups in total. The van der Waals surface area contributed by atoms with Crippen LogP contribution in [0.2, 0.25) is 0 Å². The second kappa shape index (κ2) is 10.5. The fourth-order valence-corrected chi connectivity index (χ4v) is 8.07. The molecule has 8 nitrogen and oxygen atoms in total. The summed E-state index contributed by atoms with van der Waals surface area (Å²) >= 11 is 0. The number of Topliss-reactive ketones (excluding diaryl/α,β-unsaturated/α-hetero) is 2. The van der Waals surface area contributed by atoms with E-state index in [1.165, 1.54) is 0 Å². The Bertz CT molecular complexity index is 1290. The Morgan fingerprint density at radius 2 is 1.77 bits per heavy atom. The van der Waals surface area contributed by atoms with Gasteiger partial charge < -0.3 is 14.2 Å². The molecule has 3 saturated carbocycles. The molecular formula is C32H36O8. The maximum Gasteiger partial charge on any atom is 0.509 e. The smallest absolute Gasteiger partial charge is 0.457 e. The number of rotatable bonds is 7. The predicted molar refractivity (Wildman–Crippen MR) is 144 cm³/mol. The molecule has 0 aliphatic heterocycles. The number of allylic oxidation sites excluding steroid dienone is 4. The van der Waals surface area contributed by atoms with Gasteiger partial charge in [0.15, 0.2) is 18.0 Å². The maximum atomic E-state index is 14.0. The Labute approximate surface area is 234 Å². The van der Waals surface area contributed by atoms with Crippen molar-refractivity contribution in [3.05, 3.63) is 59.7 Å². The average Bonchev–Trinajstić information content (AvgIpc) is 3.20. The van der Waals surface area contributed by atoms with Gasteiger partial charge in [0, 0.05) is 23.2 Å². The molecule has 0 saturated heterocycles. The zero-order valence-electron chi connectivity index (χ0n) is 23.3. The van der Waals surface area contributed by atoms with E-state index in [1.807, 2.05) is 38.1 Å². The van der Waals surface area contributed by atoms with Crippen LogP contribution < -0.4 is 0 Å². The van der Waals surface area contributed by atoms with E-state index in [2.05, 4.69) is 0 Å². The van der Waals surface area contributed by atoms with Gasteiger partial charge in [-0.05, 0) is 62.2 Å². The van der Waals surface area contributed by atoms with Gasteiger partial charge in [-0.2, -0.15) is 0 Å². The number of hydrogen-bond acceptors (Lipinski definition) is 8. The van der Waals surface area contributed by atoms with Gasteiger partial charge in [0.2, 0.25) is 5.78 Å². The topological polar surface area (TPSA) is 113 Å². The van der Waals surface area contributed by atoms with Crippen LogP contribution in [0.4, 0.5) is 4.79 Å². The number of hydrogen-bond donors (Lipinski definition) is 0. The van der Waals surface area contributed by atoms with E-state index in [4.69, 9.17) is 14.2 Å². The van der Waals surface area contributed by atoms with E-state index in [0.29, 0.717) is 19.3 Å². The van der Waals surface area contributed by atoms with E-state index in [1.54, 1.807) is 31.2 Å². The minimum atomic E-state index is -1.66. The van der Waals surface area contributed by atoms with Gasteiger partial charge in [-0.3, -0.25) is 19.2 Å². The summed E-state index contributed by atoms with van der Waals surface area (Å²) in [5.41, 5.74) is -1.47. The van der Waals surface area contributed by atoms with Crippen molar-refractivity contribution in [2.75, 3.05) is 13.2 Å². The van der Waals surface area contributed by atoms with Crippen molar-refractivity contribution in [1.29, 1.82) is 0 Å². The molecule has 3 fully saturated rings. The quantitative estimate of drug-likeness (QED) is 0.449. The summed E-state index contributed by atoms with van der Waals surface area (Å²) in [6.45, 7) is 5.03. The van der Waals surface area contributed by atoms with Crippen molar-refractivity contribution in [3.63, 3.8) is 0 Å². The molecule has 0 heterocycles. The fraction of sp³-hybridized carbons (Fsp3) is 0.531. The molecular weight excluding hydrogens is 512 g/mol. The maximum absolute atomic E-state index is 14.0. The van der Waals surface area contributed by atoms with Crippen LogP contribution in [-0.2, 0) is 39.8 Å². The van der Waals surface area contributed by atoms with E-state index < -0.39 is 40.9 Å². The first-order valence-electron chi connectivity index (χ1n) is 14.1. The Kier molecular flexibility index (Phi) is 7.31. The lowest BCUT2D eigenvalue weighted by molar-refractivity contribution is -0.176. The molecule has 0 unspecified atom stereocenters. The van der Waals surface area contributed by atoms with Crippen molar-refractivity contribution in [3.8, 4) is 0 Å². The van der Waals surface area contributed by atoms with Crippen LogP contribution in [0.15, 0.2) is 54.1 Å². The average molecular weight is 549 g/mol. The molecule has 6 atom stereocenters. The van der Waals surface area contributed by atoms with Crippen LogP contribution in [0.5, 0.6) is 0 Å². The monoisotopic (exact) mass is 548 g/mol. The second-order valence-electron chi connectivity index (χ2n) is 11.9. The number of esters is 1. The van der Waals surface area contributed by atoms with E-state index in [0.717, 1.165) is 11.1 Å². The van der Waals surface area contributed by atoms with Crippen molar-refractivity contribution in [2.24, 2.45) is 28.6 Å². The standard InChI is InChI=1S/C32H36O8/c1-4-38-29(37)40-32(26(35)19-39-27(36)16-20-8-6-5-7-9-20)15-13-24-23-11-10-21-17-22(33)12-14-30(21,2)28(23)25(34)18-31(24,32)3/h5-9,12,14,17,23-24,28H,4,10-11,13,15-16,18-19H2,1-3H3/t23-,24-,28+,30-,31-,32-/m0/s1. The molecule has 212 valence electrons. The van der Waals surface area contributed by atoms with Crippen LogP contribution >= 0.6 is 0 Å². The predicted octanol–water partition coefficient (Wildman–Crippen LogP) is 4.74. The number of benzene rings is 1. The summed E-state index contributed by atoms with van der Waals surface area (Å²) in [5, 5.41) is 0. The minimum absolute atomic E-state index is 0.00639. The van der Waals surface area contributed by atoms with Crippen molar-refractivity contribution in [1.82, 2.24) is 0 Å². The summed E-state index contributed by atoms with van der Waals surface area (Å²) in [6, 6.07) is 9.06. The fourth-order valence-electron chi connectivity index (χ4n) is 8.07. The largest absolute Gasteiger partial charge is 0.509 e. The highest BCUT2D eigenvalue weighted by Crippen LogP contribution is 2.67. The Morgan fingerprint density at radius 3 is 2.50 bits per heavy atom. The molecule has 4 aliphatic rings. The number of ketones is 3. The highest BCUT2D eigenvalue weighted by atomic mass is 16.7. The van der Waals surface area contributed by atoms with E-state index in [9.17, 15) is 24.0 Å². The van der Waals surface area contributed by atoms with Gasteiger partial charge in [-0.15, -0.1) is 0 Å². The van der Waals surface area contributed by atoms with Crippen LogP contribution in [0.25, 0.3) is 0 Å². The van der Waals surface area contributed by atoms with E-state index >= 15 is 0 Å². The van der Waals surface area contributed by atoms with Gasteiger partial charge in [0.25, 0.3) is 0 Å². The van der Waals surface area contributed by atoms with Gasteiger partial charge >= 0.3 is 12.1 Å². The molecule has 0 amide bonds. The number of carbonyl (C=O) groups excluding carboxylic acids is 5. The number of carbonyl (C=O) groups is 5. The number of ether oxygens (including phenoxy) is 3. The summed E-state index contributed by atoms with van der Waals surface area (Å²) in [7, 11) is 0. The Balaban J connectivity index is 1.42. The molecule has 1 aromatic carbocycles. The third kappa shape index (κ3) is 4.51. The first-order valence-corrected chi connectivity index (χ1v) is 14.1. The van der Waals surface area contributed by atoms with Gasteiger partial charge in [-0.25, -0.2) is 4.79 Å². The molecule has 0 bridgehead atoms. The van der Waals surface area contributed by atoms with Crippen LogP contribution in [0, 0.1) is 28.6 Å². The minimum Gasteiger partial charge on any atom is -0.457 e. The van der Waals surface area contributed by atoms with E-state index in [-0.39, 0.29) is 55.2 Å². The van der Waals surface area contributed by atoms with Crippen LogP contribution in [0.1, 0.15) is 58.4 Å². The molecule has 0 radical (unpaired) electrons. The number of fused-ring (bicyclic) bond motifs is 5. The van der Waals surface area contributed by atoms with Gasteiger partial charge in [0.05, 0.1) is 13.0 Å². The first kappa shape index (κ1) is 28.0. The van der Waals surface area contributed by atoms with Gasteiger partial charge in [-0.1, -0.05) is 55.8 Å². The molecule has 4 aliphatic carbocycles. The van der Waals surface area contributed by atoms with Crippen LogP contribution in [0.3, 0.4) is 0 Å². The Hall–Kier alpha value is -3.55. The summed E-state index contributed by atoms with van der Waals surface area (Å²) in [6.07, 6.45) is 6.32. The van der Waals surface area contributed by atoms with Crippen LogP contribution in [-0.4, -0.2) is 48.3 Å². The zero-order valence-corrected chi connectivity index (χ0v) is 23.3. The summed E-state index contributed by atoms with van der Waals surface area (Å²) in [5.74, 6) is -1.64. The molecule has 8 heteroatoms. The normalized spacial score (nSPS) is 34.2. The van der Waals surface area contributed by atoms with Crippen molar-refractivity contribution in [2.45, 2.75) is 64.9 Å². The Morgan fingerprint density at radius 1 is 1.02 bits per heavy atom. The van der Waals surface area contributed by atoms with Gasteiger partial charge in [0.1, 0.15) is 5.78 Å². The third-order valence-electron chi connectivity index (χ3n) is 9.90. The molecule has 1 aromatic rings. The molecule has 40 heavy (non-hydrogen) atoms. The second-order valence-corrected chi connectivity index (χ2v) is 11.9. The third-order valence-corrected chi connectivity index (χ3v) is 9.90. The highest BCUT2D eigenvalue weighted by molar-refractivity contribution is 6.02. The van der Waals surface area contributed by atoms with Crippen molar-refractivity contribution < 1.29 is 38.2 Å². The summed E-state index contributed by atoms with van der Waals surface area (Å²) < 4.78 is 16.3. The molecule has 5 rings (SSSR count).